The number of ether oxygens (including phenoxy) is 1. The highest BCUT2D eigenvalue weighted by atomic mass is 16.5. The molecule has 0 aliphatic carbocycles. The van der Waals surface area contributed by atoms with Crippen molar-refractivity contribution in [2.75, 3.05) is 44.7 Å². The molecule has 1 aromatic heterocycles. The molecule has 1 aliphatic heterocycles. The number of nitrogens with one attached hydrogen (secondary N) is 2. The number of aliphatic hydroxyl groups excluding tert-OH is 2. The zero-order chi connectivity index (χ0) is 28.6. The molecule has 0 spiro atoms. The third kappa shape index (κ3) is 7.31. The topological polar surface area (TPSA) is 116 Å². The maximum atomic E-state index is 9.73. The molecule has 216 valence electrons. The predicted octanol–water partition coefficient (Wildman–Crippen LogP) is 4.68. The highest BCUT2D eigenvalue weighted by Gasteiger charge is 2.20. The summed E-state index contributed by atoms with van der Waals surface area (Å²) in [4.78, 5) is 2.29. The zero-order valence-electron chi connectivity index (χ0n) is 23.8. The molecule has 1 saturated heterocycles. The lowest BCUT2D eigenvalue weighted by Crippen LogP contribution is -2.24. The fourth-order valence-electron chi connectivity index (χ4n) is 5.28. The number of likely N-dealkylation sites (tertiary alicyclic amines) is 1. The van der Waals surface area contributed by atoms with Gasteiger partial charge in [-0.15, -0.1) is 5.10 Å². The summed E-state index contributed by atoms with van der Waals surface area (Å²) in [6.07, 6.45) is 1.59. The van der Waals surface area contributed by atoms with Crippen LogP contribution in [-0.4, -0.2) is 70.8 Å². The summed E-state index contributed by atoms with van der Waals surface area (Å²) < 4.78 is 12.2. The van der Waals surface area contributed by atoms with Crippen molar-refractivity contribution in [3.05, 3.63) is 77.4 Å². The van der Waals surface area contributed by atoms with Gasteiger partial charge in [-0.05, 0) is 78.8 Å². The standard InChI is InChI=1S/C32H39N5O4/c1-22-27(28-10-5-12-30(23(28)2)40-18-6-15-37-16-13-26(39)21-37)9-4-11-29(22)31-35-36-32(41-31)34-25-8-3-7-24(19-25)20-33-14-17-38/h3-5,7-12,19,26,33,38-39H,6,13-18,20-21H2,1-2H3,(H,34,36)/t26-/m0/s1. The third-order valence-corrected chi connectivity index (χ3v) is 7.48. The van der Waals surface area contributed by atoms with Crippen LogP contribution in [0.5, 0.6) is 5.75 Å². The van der Waals surface area contributed by atoms with Crippen LogP contribution >= 0.6 is 0 Å². The van der Waals surface area contributed by atoms with Crippen molar-refractivity contribution >= 4 is 11.7 Å². The first-order valence-corrected chi connectivity index (χ1v) is 14.3. The van der Waals surface area contributed by atoms with Gasteiger partial charge < -0.3 is 34.9 Å². The van der Waals surface area contributed by atoms with Crippen LogP contribution in [-0.2, 0) is 6.54 Å². The molecule has 3 aromatic carbocycles. The van der Waals surface area contributed by atoms with Crippen LogP contribution in [0.3, 0.4) is 0 Å². The summed E-state index contributed by atoms with van der Waals surface area (Å²) in [6.45, 7) is 8.77. The van der Waals surface area contributed by atoms with Gasteiger partial charge in [0, 0.05) is 44.0 Å². The Morgan fingerprint density at radius 3 is 2.59 bits per heavy atom. The Hall–Kier alpha value is -3.76. The second kappa shape index (κ2) is 13.7. The van der Waals surface area contributed by atoms with E-state index in [2.05, 4.69) is 51.7 Å². The fraction of sp³-hybridized carbons (Fsp3) is 0.375. The summed E-state index contributed by atoms with van der Waals surface area (Å²) >= 11 is 0. The van der Waals surface area contributed by atoms with Crippen LogP contribution in [0.1, 0.15) is 29.5 Å². The highest BCUT2D eigenvalue weighted by Crippen LogP contribution is 2.36. The van der Waals surface area contributed by atoms with E-state index in [1.54, 1.807) is 0 Å². The monoisotopic (exact) mass is 557 g/mol. The number of rotatable bonds is 13. The average Bonchev–Trinajstić information content (AvgIpc) is 3.61. The SMILES string of the molecule is Cc1c(OCCCN2CC[C@H](O)C2)cccc1-c1cccc(-c2nnc(Nc3cccc(CNCCO)c3)o2)c1C. The summed E-state index contributed by atoms with van der Waals surface area (Å²) in [5, 5.41) is 33.6. The van der Waals surface area contributed by atoms with Crippen LogP contribution in [0.4, 0.5) is 11.7 Å². The van der Waals surface area contributed by atoms with Crippen LogP contribution in [0.25, 0.3) is 22.6 Å². The molecule has 0 radical (unpaired) electrons. The van der Waals surface area contributed by atoms with E-state index in [9.17, 15) is 5.11 Å². The van der Waals surface area contributed by atoms with Gasteiger partial charge in [0.05, 0.1) is 19.3 Å². The van der Waals surface area contributed by atoms with Crippen molar-refractivity contribution in [3.63, 3.8) is 0 Å². The van der Waals surface area contributed by atoms with E-state index in [0.29, 0.717) is 31.6 Å². The van der Waals surface area contributed by atoms with Crippen molar-refractivity contribution in [1.82, 2.24) is 20.4 Å². The molecule has 1 fully saturated rings. The van der Waals surface area contributed by atoms with Crippen LogP contribution in [0.15, 0.2) is 65.1 Å². The molecule has 41 heavy (non-hydrogen) atoms. The van der Waals surface area contributed by atoms with E-state index in [1.807, 2.05) is 48.5 Å². The molecule has 4 aromatic rings. The first-order chi connectivity index (χ1) is 20.0. The quantitative estimate of drug-likeness (QED) is 0.174. The van der Waals surface area contributed by atoms with Gasteiger partial charge in [0.25, 0.3) is 0 Å². The molecule has 0 amide bonds. The van der Waals surface area contributed by atoms with Gasteiger partial charge in [-0.2, -0.15) is 0 Å². The van der Waals surface area contributed by atoms with Crippen LogP contribution in [0.2, 0.25) is 0 Å². The van der Waals surface area contributed by atoms with Crippen molar-refractivity contribution in [2.24, 2.45) is 0 Å². The minimum Gasteiger partial charge on any atom is -0.493 e. The largest absolute Gasteiger partial charge is 0.493 e. The van der Waals surface area contributed by atoms with E-state index in [-0.39, 0.29) is 12.7 Å². The number of β-amino-alcohol motifs (C(OH)–C–C–N with tert-alkyl or cyclic N) is 1. The van der Waals surface area contributed by atoms with Crippen LogP contribution in [0, 0.1) is 13.8 Å². The normalized spacial score (nSPS) is 15.4. The van der Waals surface area contributed by atoms with E-state index >= 15 is 0 Å². The van der Waals surface area contributed by atoms with Crippen molar-refractivity contribution in [3.8, 4) is 28.3 Å². The van der Waals surface area contributed by atoms with Gasteiger partial charge in [-0.1, -0.05) is 41.5 Å². The number of hydrogen-bond donors (Lipinski definition) is 4. The van der Waals surface area contributed by atoms with Crippen LogP contribution < -0.4 is 15.4 Å². The second-order valence-corrected chi connectivity index (χ2v) is 10.5. The zero-order valence-corrected chi connectivity index (χ0v) is 23.8. The van der Waals surface area contributed by atoms with E-state index in [1.165, 1.54) is 0 Å². The molecular formula is C32H39N5O4. The molecule has 9 heteroatoms. The first kappa shape index (κ1) is 28.8. The predicted molar refractivity (Wildman–Crippen MR) is 160 cm³/mol. The van der Waals surface area contributed by atoms with Crippen molar-refractivity contribution in [2.45, 2.75) is 39.3 Å². The molecular weight excluding hydrogens is 518 g/mol. The van der Waals surface area contributed by atoms with E-state index in [4.69, 9.17) is 14.3 Å². The van der Waals surface area contributed by atoms with Gasteiger partial charge in [-0.3, -0.25) is 0 Å². The summed E-state index contributed by atoms with van der Waals surface area (Å²) in [5.41, 5.74) is 7.14. The summed E-state index contributed by atoms with van der Waals surface area (Å²) in [7, 11) is 0. The molecule has 1 atom stereocenters. The lowest BCUT2D eigenvalue weighted by atomic mass is 9.93. The number of benzene rings is 3. The summed E-state index contributed by atoms with van der Waals surface area (Å²) in [5.74, 6) is 1.33. The van der Waals surface area contributed by atoms with E-state index < -0.39 is 0 Å². The lowest BCUT2D eigenvalue weighted by Gasteiger charge is -2.17. The fourth-order valence-corrected chi connectivity index (χ4v) is 5.28. The molecule has 0 unspecified atom stereocenters. The minimum atomic E-state index is -0.188. The maximum absolute atomic E-state index is 9.73. The molecule has 4 N–H and O–H groups in total. The molecule has 9 nitrogen and oxygen atoms in total. The van der Waals surface area contributed by atoms with Gasteiger partial charge in [0.1, 0.15) is 5.75 Å². The Labute approximate surface area is 241 Å². The Morgan fingerprint density at radius 2 is 1.78 bits per heavy atom. The highest BCUT2D eigenvalue weighted by molar-refractivity contribution is 5.78. The van der Waals surface area contributed by atoms with Gasteiger partial charge in [0.2, 0.25) is 5.89 Å². The maximum Gasteiger partial charge on any atom is 0.320 e. The molecule has 5 rings (SSSR count). The van der Waals surface area contributed by atoms with Gasteiger partial charge in [0.15, 0.2) is 0 Å². The molecule has 2 heterocycles. The van der Waals surface area contributed by atoms with Gasteiger partial charge in [-0.25, -0.2) is 0 Å². The van der Waals surface area contributed by atoms with E-state index in [0.717, 1.165) is 77.3 Å². The van der Waals surface area contributed by atoms with Crippen molar-refractivity contribution < 1.29 is 19.4 Å². The first-order valence-electron chi connectivity index (χ1n) is 14.3. The Balaban J connectivity index is 1.27. The molecule has 0 saturated carbocycles. The third-order valence-electron chi connectivity index (χ3n) is 7.48. The van der Waals surface area contributed by atoms with Crippen molar-refractivity contribution in [1.29, 1.82) is 0 Å². The second-order valence-electron chi connectivity index (χ2n) is 10.5. The number of hydrogen-bond acceptors (Lipinski definition) is 9. The minimum absolute atomic E-state index is 0.105. The Morgan fingerprint density at radius 1 is 1.00 bits per heavy atom. The number of anilines is 2. The Kier molecular flexibility index (Phi) is 9.63. The number of aromatic nitrogens is 2. The van der Waals surface area contributed by atoms with Gasteiger partial charge >= 0.3 is 6.01 Å². The molecule has 0 bridgehead atoms. The Bertz CT molecular complexity index is 1440. The number of nitrogens with zero attached hydrogens (tertiary/aromatic N) is 3. The average molecular weight is 558 g/mol. The number of aliphatic hydroxyl groups is 2. The molecule has 1 aliphatic rings. The summed E-state index contributed by atoms with van der Waals surface area (Å²) in [6, 6.07) is 20.5. The lowest BCUT2D eigenvalue weighted by molar-refractivity contribution is 0.173. The smallest absolute Gasteiger partial charge is 0.320 e.